The molecule has 98 valence electrons. The van der Waals surface area contributed by atoms with E-state index >= 15 is 0 Å². The molecular weight excluding hydrogens is 242 g/mol. The van der Waals surface area contributed by atoms with E-state index in [4.69, 9.17) is 4.84 Å². The first-order valence-corrected chi connectivity index (χ1v) is 5.77. The zero-order chi connectivity index (χ0) is 11.8. The molecule has 1 unspecified atom stereocenters. The van der Waals surface area contributed by atoms with Crippen LogP contribution in [0, 0.1) is 0 Å². The van der Waals surface area contributed by atoms with Crippen LogP contribution in [0.5, 0.6) is 0 Å². The van der Waals surface area contributed by atoms with Gasteiger partial charge in [-0.25, -0.2) is 0 Å². The van der Waals surface area contributed by atoms with Crippen molar-refractivity contribution < 1.29 is 9.63 Å². The molecule has 1 amide bonds. The van der Waals surface area contributed by atoms with Crippen LogP contribution in [0.25, 0.3) is 0 Å². The topological polar surface area (TPSA) is 53.9 Å². The maximum atomic E-state index is 12.0. The van der Waals surface area contributed by atoms with Crippen molar-refractivity contribution >= 4 is 24.0 Å². The average Bonchev–Trinajstić information content (AvgIpc) is 2.87. The van der Waals surface area contributed by atoms with Gasteiger partial charge in [-0.2, -0.15) is 0 Å². The van der Waals surface area contributed by atoms with Gasteiger partial charge in [-0.3, -0.25) is 4.79 Å². The molecule has 5 nitrogen and oxygen atoms in total. The third-order valence-electron chi connectivity index (χ3n) is 3.39. The molecule has 0 bridgehead atoms. The van der Waals surface area contributed by atoms with Gasteiger partial charge in [0.25, 0.3) is 5.91 Å². The first kappa shape index (κ1) is 14.3. The highest BCUT2D eigenvalue weighted by Crippen LogP contribution is 2.30. The van der Waals surface area contributed by atoms with E-state index in [2.05, 4.69) is 10.5 Å². The predicted molar refractivity (Wildman–Crippen MR) is 68.5 cm³/mol. The maximum absolute atomic E-state index is 12.0. The minimum atomic E-state index is -0.247. The Morgan fingerprint density at radius 2 is 2.29 bits per heavy atom. The molecule has 2 aliphatic rings. The van der Waals surface area contributed by atoms with E-state index in [1.165, 1.54) is 0 Å². The molecule has 2 heterocycles. The van der Waals surface area contributed by atoms with Gasteiger partial charge in [0.2, 0.25) is 0 Å². The second-order valence-electron chi connectivity index (χ2n) is 4.93. The molecule has 0 aromatic heterocycles. The van der Waals surface area contributed by atoms with Crippen molar-refractivity contribution in [2.24, 2.45) is 5.16 Å². The Bertz CT molecular complexity index is 325. The number of rotatable bonds is 2. The lowest BCUT2D eigenvalue weighted by atomic mass is 9.96. The summed E-state index contributed by atoms with van der Waals surface area (Å²) in [5.74, 6) is -0.0150. The van der Waals surface area contributed by atoms with E-state index in [-0.39, 0.29) is 30.0 Å². The van der Waals surface area contributed by atoms with Crippen molar-refractivity contribution in [1.82, 2.24) is 10.2 Å². The molecular formula is C11H20ClN3O2. The predicted octanol–water partition coefficient (Wildman–Crippen LogP) is 0.783. The third-order valence-corrected chi connectivity index (χ3v) is 3.39. The molecule has 6 heteroatoms. The molecule has 2 rings (SSSR count). The van der Waals surface area contributed by atoms with E-state index in [1.807, 2.05) is 13.8 Å². The highest BCUT2D eigenvalue weighted by Gasteiger charge is 2.44. The number of halogens is 1. The van der Waals surface area contributed by atoms with Gasteiger partial charge in [0.1, 0.15) is 5.71 Å². The average molecular weight is 262 g/mol. The van der Waals surface area contributed by atoms with Gasteiger partial charge >= 0.3 is 0 Å². The number of nitrogens with zero attached hydrogens (tertiary/aromatic N) is 2. The van der Waals surface area contributed by atoms with Crippen LogP contribution in [0.4, 0.5) is 0 Å². The lowest BCUT2D eigenvalue weighted by Crippen LogP contribution is -2.40. The van der Waals surface area contributed by atoms with Crippen LogP contribution >= 0.6 is 12.4 Å². The zero-order valence-electron chi connectivity index (χ0n) is 10.5. The van der Waals surface area contributed by atoms with Gasteiger partial charge in [0.15, 0.2) is 5.60 Å². The highest BCUT2D eigenvalue weighted by molar-refractivity contribution is 6.39. The third kappa shape index (κ3) is 2.72. The Balaban J connectivity index is 0.00000144. The van der Waals surface area contributed by atoms with Gasteiger partial charge < -0.3 is 15.1 Å². The van der Waals surface area contributed by atoms with Crippen LogP contribution in [0.2, 0.25) is 0 Å². The number of carbonyl (C=O) groups is 1. The summed E-state index contributed by atoms with van der Waals surface area (Å²) in [7, 11) is 1.80. The van der Waals surface area contributed by atoms with Crippen LogP contribution in [-0.4, -0.2) is 48.3 Å². The fraction of sp³-hybridized carbons (Fsp3) is 0.818. The van der Waals surface area contributed by atoms with Crippen LogP contribution in [-0.2, 0) is 9.63 Å². The van der Waals surface area contributed by atoms with E-state index in [9.17, 15) is 4.79 Å². The summed E-state index contributed by atoms with van der Waals surface area (Å²) in [6.07, 6.45) is 1.56. The van der Waals surface area contributed by atoms with Gasteiger partial charge in [0.05, 0.1) is 0 Å². The largest absolute Gasteiger partial charge is 0.387 e. The molecule has 0 aromatic carbocycles. The Morgan fingerprint density at radius 3 is 2.82 bits per heavy atom. The number of oxime groups is 1. The molecule has 1 spiro atoms. The zero-order valence-corrected chi connectivity index (χ0v) is 11.3. The molecule has 0 aromatic rings. The molecule has 1 saturated heterocycles. The summed E-state index contributed by atoms with van der Waals surface area (Å²) in [4.78, 5) is 19.2. The van der Waals surface area contributed by atoms with Crippen LogP contribution < -0.4 is 5.32 Å². The van der Waals surface area contributed by atoms with E-state index in [0.717, 1.165) is 19.5 Å². The molecule has 0 radical (unpaired) electrons. The minimum absolute atomic E-state index is 0. The Hall–Kier alpha value is -0.810. The fourth-order valence-electron chi connectivity index (χ4n) is 2.02. The van der Waals surface area contributed by atoms with Crippen molar-refractivity contribution in [2.45, 2.75) is 38.3 Å². The van der Waals surface area contributed by atoms with E-state index < -0.39 is 0 Å². The SMILES string of the molecule is CC(C)N(C)C(=O)C1=NOC2(CCNC2)C1.Cl. The standard InChI is InChI=1S/C11H19N3O2.ClH/c1-8(2)14(3)10(15)9-6-11(16-13-9)4-5-12-7-11;/h8,12H,4-7H2,1-3H3;1H. The molecule has 2 aliphatic heterocycles. The monoisotopic (exact) mass is 261 g/mol. The summed E-state index contributed by atoms with van der Waals surface area (Å²) in [5, 5.41) is 7.20. The Labute approximate surface area is 108 Å². The van der Waals surface area contributed by atoms with Gasteiger partial charge in [-0.15, -0.1) is 12.4 Å². The lowest BCUT2D eigenvalue weighted by molar-refractivity contribution is -0.124. The number of hydrogen-bond acceptors (Lipinski definition) is 4. The fourth-order valence-corrected chi connectivity index (χ4v) is 2.02. The molecule has 0 aliphatic carbocycles. The van der Waals surface area contributed by atoms with Crippen molar-refractivity contribution in [2.75, 3.05) is 20.1 Å². The smallest absolute Gasteiger partial charge is 0.271 e. The lowest BCUT2D eigenvalue weighted by Gasteiger charge is -2.22. The minimum Gasteiger partial charge on any atom is -0.387 e. The summed E-state index contributed by atoms with van der Waals surface area (Å²) >= 11 is 0. The van der Waals surface area contributed by atoms with Crippen molar-refractivity contribution in [3.63, 3.8) is 0 Å². The first-order valence-electron chi connectivity index (χ1n) is 5.77. The molecule has 1 fully saturated rings. The number of hydrogen-bond donors (Lipinski definition) is 1. The van der Waals surface area contributed by atoms with Crippen LogP contribution in [0.15, 0.2) is 5.16 Å². The van der Waals surface area contributed by atoms with Crippen molar-refractivity contribution in [3.05, 3.63) is 0 Å². The van der Waals surface area contributed by atoms with Gasteiger partial charge in [-0.1, -0.05) is 5.16 Å². The number of nitrogens with one attached hydrogen (secondary N) is 1. The molecule has 0 saturated carbocycles. The Kier molecular flexibility index (Phi) is 4.38. The highest BCUT2D eigenvalue weighted by atomic mass is 35.5. The molecule has 17 heavy (non-hydrogen) atoms. The second-order valence-corrected chi connectivity index (χ2v) is 4.93. The van der Waals surface area contributed by atoms with Gasteiger partial charge in [0, 0.05) is 32.5 Å². The summed E-state index contributed by atoms with van der Waals surface area (Å²) in [5.41, 5.74) is 0.308. The Morgan fingerprint density at radius 1 is 1.59 bits per heavy atom. The summed E-state index contributed by atoms with van der Waals surface area (Å²) < 4.78 is 0. The van der Waals surface area contributed by atoms with Crippen molar-refractivity contribution in [3.8, 4) is 0 Å². The van der Waals surface area contributed by atoms with Crippen LogP contribution in [0.1, 0.15) is 26.7 Å². The summed E-state index contributed by atoms with van der Waals surface area (Å²) in [6.45, 7) is 5.71. The molecule has 1 atom stereocenters. The quantitative estimate of drug-likeness (QED) is 0.799. The summed E-state index contributed by atoms with van der Waals surface area (Å²) in [6, 6.07) is 0.188. The number of amides is 1. The maximum Gasteiger partial charge on any atom is 0.271 e. The normalized spacial score (nSPS) is 26.7. The van der Waals surface area contributed by atoms with E-state index in [0.29, 0.717) is 12.1 Å². The van der Waals surface area contributed by atoms with Crippen LogP contribution in [0.3, 0.4) is 0 Å². The van der Waals surface area contributed by atoms with E-state index in [1.54, 1.807) is 11.9 Å². The van der Waals surface area contributed by atoms with Gasteiger partial charge in [-0.05, 0) is 20.4 Å². The molecule has 1 N–H and O–H groups in total. The first-order chi connectivity index (χ1) is 7.54. The number of carbonyl (C=O) groups excluding carboxylic acids is 1. The second kappa shape index (κ2) is 5.23. The van der Waals surface area contributed by atoms with Crippen molar-refractivity contribution in [1.29, 1.82) is 0 Å².